The number of rotatable bonds is 7. The van der Waals surface area contributed by atoms with Crippen molar-refractivity contribution in [3.8, 4) is 0 Å². The number of aromatic nitrogens is 1. The van der Waals surface area contributed by atoms with Crippen molar-refractivity contribution < 1.29 is 12.9 Å². The molecule has 2 aliphatic rings. The highest BCUT2D eigenvalue weighted by atomic mass is 32.2. The minimum atomic E-state index is -3.38. The highest BCUT2D eigenvalue weighted by Crippen LogP contribution is 2.17. The molecule has 1 unspecified atom stereocenters. The fraction of sp³-hybridized carbons (Fsp3) is 0.778. The summed E-state index contributed by atoms with van der Waals surface area (Å²) in [7, 11) is -3.38. The first-order valence-electron chi connectivity index (χ1n) is 10.1. The Balaban J connectivity index is 1.54. The van der Waals surface area contributed by atoms with E-state index in [9.17, 15) is 8.42 Å². The van der Waals surface area contributed by atoms with E-state index < -0.39 is 10.0 Å². The highest BCUT2D eigenvalue weighted by Gasteiger charge is 2.29. The Bertz CT molecular complexity index is 729. The summed E-state index contributed by atoms with van der Waals surface area (Å²) in [5.41, 5.74) is 0.440. The van der Waals surface area contributed by atoms with Crippen LogP contribution in [0.1, 0.15) is 26.0 Å². The Hall–Kier alpha value is -1.65. The van der Waals surface area contributed by atoms with E-state index in [1.54, 1.807) is 6.07 Å². The normalized spacial score (nSPS) is 22.7. The predicted molar refractivity (Wildman–Crippen MR) is 108 cm³/mol. The van der Waals surface area contributed by atoms with E-state index in [4.69, 9.17) is 9.52 Å². The quantitative estimate of drug-likeness (QED) is 0.513. The minimum Gasteiger partial charge on any atom is -0.364 e. The van der Waals surface area contributed by atoms with Crippen LogP contribution < -0.4 is 5.32 Å². The molecule has 0 bridgehead atoms. The third-order valence-electron chi connectivity index (χ3n) is 5.40. The van der Waals surface area contributed by atoms with Gasteiger partial charge in [-0.1, -0.05) is 12.1 Å². The predicted octanol–water partition coefficient (Wildman–Crippen LogP) is 0.429. The van der Waals surface area contributed by atoms with Crippen molar-refractivity contribution in [3.63, 3.8) is 0 Å². The summed E-state index contributed by atoms with van der Waals surface area (Å²) in [6, 6.07) is 1.59. The Morgan fingerprint density at radius 2 is 2.07 bits per heavy atom. The molecular formula is C18H32N6O3S. The number of nitrogens with one attached hydrogen (secondary N) is 1. The van der Waals surface area contributed by atoms with Crippen LogP contribution in [0.15, 0.2) is 21.8 Å². The first-order valence-corrected chi connectivity index (χ1v) is 11.8. The first kappa shape index (κ1) is 21.1. The fourth-order valence-electron chi connectivity index (χ4n) is 3.76. The highest BCUT2D eigenvalue weighted by molar-refractivity contribution is 7.88. The summed E-state index contributed by atoms with van der Waals surface area (Å²) in [6.45, 7) is 11.4. The van der Waals surface area contributed by atoms with Crippen LogP contribution in [0.25, 0.3) is 0 Å². The molecule has 3 heterocycles. The van der Waals surface area contributed by atoms with Gasteiger partial charge < -0.3 is 19.6 Å². The maximum Gasteiger partial charge on any atom is 0.220 e. The number of guanidine groups is 1. The molecule has 1 atom stereocenters. The average molecular weight is 413 g/mol. The lowest BCUT2D eigenvalue weighted by Gasteiger charge is -2.35. The molecule has 2 aliphatic heterocycles. The maximum atomic E-state index is 12.6. The van der Waals surface area contributed by atoms with Gasteiger partial charge >= 0.3 is 0 Å². The summed E-state index contributed by atoms with van der Waals surface area (Å²) in [4.78, 5) is 9.48. The zero-order valence-electron chi connectivity index (χ0n) is 16.9. The van der Waals surface area contributed by atoms with Gasteiger partial charge in [-0.25, -0.2) is 8.42 Å². The molecule has 0 radical (unpaired) electrons. The van der Waals surface area contributed by atoms with Gasteiger partial charge in [-0.2, -0.15) is 4.31 Å². The van der Waals surface area contributed by atoms with Crippen molar-refractivity contribution in [1.29, 1.82) is 0 Å². The third kappa shape index (κ3) is 5.45. The van der Waals surface area contributed by atoms with Gasteiger partial charge in [-0.3, -0.25) is 4.99 Å². The van der Waals surface area contributed by atoms with Crippen LogP contribution in [0.4, 0.5) is 0 Å². The van der Waals surface area contributed by atoms with Gasteiger partial charge in [0.15, 0.2) is 5.96 Å². The fourth-order valence-corrected chi connectivity index (χ4v) is 5.18. The molecule has 2 saturated heterocycles. The molecule has 3 rings (SSSR count). The second-order valence-corrected chi connectivity index (χ2v) is 9.34. The number of hydrogen-bond acceptors (Lipinski definition) is 6. The lowest BCUT2D eigenvalue weighted by molar-refractivity contribution is 0.259. The SMILES string of the molecule is CCNC(=NCC1CCN(CC)C1)N1CCN(S(=O)(=O)Cc2ccon2)CC1. The van der Waals surface area contributed by atoms with Crippen molar-refractivity contribution in [3.05, 3.63) is 18.0 Å². The lowest BCUT2D eigenvalue weighted by Crippen LogP contribution is -2.54. The van der Waals surface area contributed by atoms with Gasteiger partial charge in [-0.05, 0) is 32.4 Å². The van der Waals surface area contributed by atoms with Gasteiger partial charge in [0.2, 0.25) is 10.0 Å². The van der Waals surface area contributed by atoms with Gasteiger partial charge in [0.05, 0.1) is 5.69 Å². The molecule has 1 aromatic heterocycles. The molecular weight excluding hydrogens is 380 g/mol. The summed E-state index contributed by atoms with van der Waals surface area (Å²) >= 11 is 0. The van der Waals surface area contributed by atoms with E-state index in [2.05, 4.69) is 34.1 Å². The molecule has 9 nitrogen and oxygen atoms in total. The van der Waals surface area contributed by atoms with Crippen LogP contribution in [-0.4, -0.2) is 92.5 Å². The molecule has 1 N–H and O–H groups in total. The molecule has 28 heavy (non-hydrogen) atoms. The van der Waals surface area contributed by atoms with Crippen molar-refractivity contribution in [2.75, 3.05) is 58.9 Å². The standard InChI is InChI=1S/C18H32N6O3S/c1-3-19-18(20-13-16-5-7-22(4-2)14-16)23-8-10-24(11-9-23)28(25,26)15-17-6-12-27-21-17/h6,12,16H,3-5,7-11,13-15H2,1-2H3,(H,19,20). The van der Waals surface area contributed by atoms with Crippen molar-refractivity contribution in [2.45, 2.75) is 26.0 Å². The second kappa shape index (κ2) is 9.71. The number of piperazine rings is 1. The smallest absolute Gasteiger partial charge is 0.220 e. The van der Waals surface area contributed by atoms with E-state index in [0.29, 0.717) is 37.8 Å². The molecule has 1 aromatic rings. The van der Waals surface area contributed by atoms with Gasteiger partial charge in [0.25, 0.3) is 0 Å². The van der Waals surface area contributed by atoms with Crippen LogP contribution in [0.3, 0.4) is 0 Å². The zero-order chi connectivity index (χ0) is 20.0. The van der Waals surface area contributed by atoms with Crippen LogP contribution in [0.5, 0.6) is 0 Å². The van der Waals surface area contributed by atoms with E-state index >= 15 is 0 Å². The van der Waals surface area contributed by atoms with Crippen molar-refractivity contribution in [2.24, 2.45) is 10.9 Å². The molecule has 0 amide bonds. The molecule has 10 heteroatoms. The minimum absolute atomic E-state index is 0.118. The van der Waals surface area contributed by atoms with Crippen LogP contribution >= 0.6 is 0 Å². The van der Waals surface area contributed by atoms with Crippen molar-refractivity contribution in [1.82, 2.24) is 24.6 Å². The number of hydrogen-bond donors (Lipinski definition) is 1. The number of nitrogens with zero attached hydrogens (tertiary/aromatic N) is 5. The Morgan fingerprint density at radius 3 is 2.68 bits per heavy atom. The maximum absolute atomic E-state index is 12.6. The topological polar surface area (TPSA) is 94.3 Å². The van der Waals surface area contributed by atoms with Gasteiger partial charge in [0, 0.05) is 51.9 Å². The molecule has 0 saturated carbocycles. The van der Waals surface area contributed by atoms with Crippen LogP contribution in [-0.2, 0) is 15.8 Å². The third-order valence-corrected chi connectivity index (χ3v) is 7.22. The Labute approximate surface area is 167 Å². The molecule has 0 spiro atoms. The molecule has 2 fully saturated rings. The van der Waals surface area contributed by atoms with Gasteiger partial charge in [-0.15, -0.1) is 0 Å². The van der Waals surface area contributed by atoms with Crippen molar-refractivity contribution >= 4 is 16.0 Å². The monoisotopic (exact) mass is 412 g/mol. The van der Waals surface area contributed by atoms with E-state index in [0.717, 1.165) is 38.7 Å². The average Bonchev–Trinajstić information content (AvgIpc) is 3.36. The molecule has 0 aliphatic carbocycles. The Kier molecular flexibility index (Phi) is 7.30. The summed E-state index contributed by atoms with van der Waals surface area (Å²) in [5.74, 6) is 1.39. The van der Waals surface area contributed by atoms with Gasteiger partial charge in [0.1, 0.15) is 12.0 Å². The summed E-state index contributed by atoms with van der Waals surface area (Å²) < 4.78 is 31.5. The number of likely N-dealkylation sites (tertiary alicyclic amines) is 1. The Morgan fingerprint density at radius 1 is 1.29 bits per heavy atom. The molecule has 158 valence electrons. The van der Waals surface area contributed by atoms with E-state index in [-0.39, 0.29) is 5.75 Å². The molecule has 0 aromatic carbocycles. The summed E-state index contributed by atoms with van der Waals surface area (Å²) in [5, 5.41) is 7.08. The van der Waals surface area contributed by atoms with Crippen LogP contribution in [0, 0.1) is 5.92 Å². The zero-order valence-corrected chi connectivity index (χ0v) is 17.7. The van der Waals surface area contributed by atoms with Crippen LogP contribution in [0.2, 0.25) is 0 Å². The first-order chi connectivity index (χ1) is 13.5. The van der Waals surface area contributed by atoms with E-state index in [1.165, 1.54) is 17.0 Å². The number of aliphatic imine (C=N–C) groups is 1. The largest absolute Gasteiger partial charge is 0.364 e. The lowest BCUT2D eigenvalue weighted by atomic mass is 10.1. The second-order valence-electron chi connectivity index (χ2n) is 7.38. The number of sulfonamides is 1. The van der Waals surface area contributed by atoms with E-state index in [1.807, 2.05) is 0 Å². The summed E-state index contributed by atoms with van der Waals surface area (Å²) in [6.07, 6.45) is 2.59.